The number of nitrogens with zero attached hydrogens (tertiary/aromatic N) is 1. The van der Waals surface area contributed by atoms with Crippen molar-refractivity contribution >= 4 is 17.3 Å². The van der Waals surface area contributed by atoms with Crippen LogP contribution in [0.5, 0.6) is 11.5 Å². The molecular weight excluding hydrogens is 290 g/mol. The summed E-state index contributed by atoms with van der Waals surface area (Å²) in [7, 11) is 0. The second-order valence-corrected chi connectivity index (χ2v) is 5.25. The van der Waals surface area contributed by atoms with Gasteiger partial charge in [-0.3, -0.25) is 4.79 Å². The van der Waals surface area contributed by atoms with Crippen LogP contribution in [0.3, 0.4) is 0 Å². The number of rotatable bonds is 8. The number of carboxylic acid groups (broad SMARTS) is 1. The average molecular weight is 307 g/mol. The van der Waals surface area contributed by atoms with E-state index < -0.39 is 5.97 Å². The molecule has 0 atom stereocenters. The van der Waals surface area contributed by atoms with Crippen molar-refractivity contribution in [2.24, 2.45) is 0 Å². The monoisotopic (exact) mass is 307 g/mol. The van der Waals surface area contributed by atoms with Crippen LogP contribution in [0.4, 0.5) is 0 Å². The van der Waals surface area contributed by atoms with Crippen molar-refractivity contribution in [3.63, 3.8) is 0 Å². The van der Waals surface area contributed by atoms with Crippen LogP contribution in [0, 0.1) is 0 Å². The Hall–Kier alpha value is -2.08. The van der Waals surface area contributed by atoms with Crippen LogP contribution in [0.25, 0.3) is 0 Å². The molecule has 0 aliphatic heterocycles. The van der Waals surface area contributed by atoms with Crippen LogP contribution in [0.15, 0.2) is 29.6 Å². The minimum atomic E-state index is -0.865. The van der Waals surface area contributed by atoms with Crippen molar-refractivity contribution < 1.29 is 19.4 Å². The molecule has 0 aliphatic carbocycles. The number of carbonyl (C=O) groups is 1. The average Bonchev–Trinajstić information content (AvgIpc) is 2.86. The van der Waals surface area contributed by atoms with Gasteiger partial charge in [-0.1, -0.05) is 6.07 Å². The molecule has 0 spiro atoms. The van der Waals surface area contributed by atoms with Crippen molar-refractivity contribution in [1.29, 1.82) is 0 Å². The van der Waals surface area contributed by atoms with E-state index in [0.717, 1.165) is 16.5 Å². The zero-order valence-corrected chi connectivity index (χ0v) is 12.6. The van der Waals surface area contributed by atoms with Gasteiger partial charge in [0.05, 0.1) is 30.3 Å². The SMILES string of the molecule is CCOc1cccc(OCCc2nc(CC(=O)O)cs2)c1. The van der Waals surface area contributed by atoms with Gasteiger partial charge in [0, 0.05) is 17.9 Å². The van der Waals surface area contributed by atoms with Crippen LogP contribution in [0.1, 0.15) is 17.6 Å². The molecule has 1 heterocycles. The van der Waals surface area contributed by atoms with Gasteiger partial charge in [0.25, 0.3) is 0 Å². The predicted molar refractivity (Wildman–Crippen MR) is 80.3 cm³/mol. The number of hydrogen-bond donors (Lipinski definition) is 1. The Morgan fingerprint density at radius 3 is 2.81 bits per heavy atom. The second-order valence-electron chi connectivity index (χ2n) is 4.31. The number of thiazole rings is 1. The van der Waals surface area contributed by atoms with E-state index in [2.05, 4.69) is 4.98 Å². The summed E-state index contributed by atoms with van der Waals surface area (Å²) >= 11 is 1.46. The van der Waals surface area contributed by atoms with Gasteiger partial charge in [-0.15, -0.1) is 11.3 Å². The molecule has 0 fully saturated rings. The van der Waals surface area contributed by atoms with Crippen molar-refractivity contribution in [1.82, 2.24) is 4.98 Å². The molecule has 1 aromatic carbocycles. The Labute approximate surface area is 127 Å². The number of ether oxygens (including phenoxy) is 2. The van der Waals surface area contributed by atoms with E-state index in [9.17, 15) is 4.79 Å². The summed E-state index contributed by atoms with van der Waals surface area (Å²) in [6.07, 6.45) is 0.622. The van der Waals surface area contributed by atoms with Gasteiger partial charge in [0.2, 0.25) is 0 Å². The van der Waals surface area contributed by atoms with E-state index >= 15 is 0 Å². The summed E-state index contributed by atoms with van der Waals surface area (Å²) in [5.74, 6) is 0.673. The molecule has 2 rings (SSSR count). The second kappa shape index (κ2) is 7.64. The third kappa shape index (κ3) is 5.07. The number of hydrogen-bond acceptors (Lipinski definition) is 5. The topological polar surface area (TPSA) is 68.7 Å². The molecule has 0 bridgehead atoms. The molecule has 21 heavy (non-hydrogen) atoms. The Bertz CT molecular complexity index is 597. The molecule has 0 amide bonds. The maximum absolute atomic E-state index is 10.6. The first-order valence-corrected chi connectivity index (χ1v) is 7.56. The lowest BCUT2D eigenvalue weighted by molar-refractivity contribution is -0.136. The Morgan fingerprint density at radius 2 is 2.10 bits per heavy atom. The van der Waals surface area contributed by atoms with Gasteiger partial charge in [0.15, 0.2) is 0 Å². The molecule has 112 valence electrons. The van der Waals surface area contributed by atoms with Gasteiger partial charge in [-0.25, -0.2) is 4.98 Å². The first kappa shape index (κ1) is 15.3. The van der Waals surface area contributed by atoms with E-state index in [1.165, 1.54) is 11.3 Å². The predicted octanol–water partition coefficient (Wildman–Crippen LogP) is 2.79. The lowest BCUT2D eigenvalue weighted by Crippen LogP contribution is -2.03. The highest BCUT2D eigenvalue weighted by molar-refractivity contribution is 7.09. The Morgan fingerprint density at radius 1 is 1.33 bits per heavy atom. The smallest absolute Gasteiger partial charge is 0.309 e. The van der Waals surface area contributed by atoms with Crippen LogP contribution >= 0.6 is 11.3 Å². The highest BCUT2D eigenvalue weighted by atomic mass is 32.1. The van der Waals surface area contributed by atoms with Gasteiger partial charge in [-0.05, 0) is 19.1 Å². The Kier molecular flexibility index (Phi) is 5.57. The standard InChI is InChI=1S/C15H17NO4S/c1-2-19-12-4-3-5-13(9-12)20-7-6-14-16-11(10-21-14)8-15(17)18/h3-5,9-10H,2,6-8H2,1H3,(H,17,18). The fourth-order valence-electron chi connectivity index (χ4n) is 1.78. The molecule has 0 aliphatic rings. The minimum absolute atomic E-state index is 0.0340. The van der Waals surface area contributed by atoms with E-state index in [0.29, 0.717) is 25.3 Å². The summed E-state index contributed by atoms with van der Waals surface area (Å²) < 4.78 is 11.1. The lowest BCUT2D eigenvalue weighted by atomic mass is 10.3. The molecule has 5 nitrogen and oxygen atoms in total. The summed E-state index contributed by atoms with van der Waals surface area (Å²) in [4.78, 5) is 14.9. The Balaban J connectivity index is 1.82. The third-order valence-corrected chi connectivity index (χ3v) is 3.59. The maximum Gasteiger partial charge on any atom is 0.309 e. The van der Waals surface area contributed by atoms with Crippen LogP contribution in [0.2, 0.25) is 0 Å². The van der Waals surface area contributed by atoms with Gasteiger partial charge >= 0.3 is 5.97 Å². The molecule has 1 N–H and O–H groups in total. The number of benzene rings is 1. The van der Waals surface area contributed by atoms with E-state index in [1.807, 2.05) is 31.2 Å². The van der Waals surface area contributed by atoms with Gasteiger partial charge in [0.1, 0.15) is 11.5 Å². The number of aliphatic carboxylic acids is 1. The van der Waals surface area contributed by atoms with E-state index in [4.69, 9.17) is 14.6 Å². The van der Waals surface area contributed by atoms with E-state index in [-0.39, 0.29) is 6.42 Å². The molecule has 0 unspecified atom stereocenters. The summed E-state index contributed by atoms with van der Waals surface area (Å²) in [5, 5.41) is 11.4. The number of aromatic nitrogens is 1. The highest BCUT2D eigenvalue weighted by Crippen LogP contribution is 2.20. The zero-order chi connectivity index (χ0) is 15.1. The van der Waals surface area contributed by atoms with Crippen molar-refractivity contribution in [3.8, 4) is 11.5 Å². The zero-order valence-electron chi connectivity index (χ0n) is 11.7. The van der Waals surface area contributed by atoms with Crippen LogP contribution < -0.4 is 9.47 Å². The number of carboxylic acids is 1. The molecule has 1 aromatic heterocycles. The normalized spacial score (nSPS) is 10.3. The summed E-state index contributed by atoms with van der Waals surface area (Å²) in [6.45, 7) is 3.05. The fraction of sp³-hybridized carbons (Fsp3) is 0.333. The fourth-order valence-corrected chi connectivity index (χ4v) is 2.56. The van der Waals surface area contributed by atoms with Crippen molar-refractivity contribution in [2.75, 3.05) is 13.2 Å². The molecule has 0 radical (unpaired) electrons. The summed E-state index contributed by atoms with van der Waals surface area (Å²) in [5.41, 5.74) is 0.598. The minimum Gasteiger partial charge on any atom is -0.494 e. The van der Waals surface area contributed by atoms with Gasteiger partial charge in [-0.2, -0.15) is 0 Å². The molecule has 0 saturated carbocycles. The lowest BCUT2D eigenvalue weighted by Gasteiger charge is -2.07. The van der Waals surface area contributed by atoms with Crippen molar-refractivity contribution in [3.05, 3.63) is 40.3 Å². The largest absolute Gasteiger partial charge is 0.494 e. The third-order valence-electron chi connectivity index (χ3n) is 2.63. The summed E-state index contributed by atoms with van der Waals surface area (Å²) in [6, 6.07) is 7.49. The van der Waals surface area contributed by atoms with E-state index in [1.54, 1.807) is 5.38 Å². The molecule has 0 saturated heterocycles. The first-order chi connectivity index (χ1) is 10.2. The quantitative estimate of drug-likeness (QED) is 0.812. The highest BCUT2D eigenvalue weighted by Gasteiger charge is 2.06. The first-order valence-electron chi connectivity index (χ1n) is 6.68. The maximum atomic E-state index is 10.6. The molecule has 2 aromatic rings. The molecule has 6 heteroatoms. The van der Waals surface area contributed by atoms with Gasteiger partial charge < -0.3 is 14.6 Å². The molecular formula is C15H17NO4S. The van der Waals surface area contributed by atoms with Crippen LogP contribution in [-0.2, 0) is 17.6 Å². The van der Waals surface area contributed by atoms with Crippen molar-refractivity contribution in [2.45, 2.75) is 19.8 Å². The van der Waals surface area contributed by atoms with Crippen LogP contribution in [-0.4, -0.2) is 29.3 Å².